The zero-order chi connectivity index (χ0) is 18.8. The SMILES string of the molecule is CCC1c2ccccc2-c2c1ccc1c2ccc2c1c1ccccc1n2CC. The van der Waals surface area contributed by atoms with E-state index >= 15 is 0 Å². The summed E-state index contributed by atoms with van der Waals surface area (Å²) in [4.78, 5) is 0. The maximum Gasteiger partial charge on any atom is 0.0497 e. The molecule has 0 fully saturated rings. The standard InChI is InChI=1S/C27H23N/c1-3-17-18-9-5-6-10-19(18)26-20(17)13-14-22-21(26)15-16-25-27(22)23-11-7-8-12-24(23)28(25)4-2/h5-17H,3-4H2,1-2H3. The van der Waals surface area contributed by atoms with Crippen LogP contribution in [0.15, 0.2) is 72.8 Å². The first-order valence-electron chi connectivity index (χ1n) is 10.4. The van der Waals surface area contributed by atoms with Crippen LogP contribution in [0.5, 0.6) is 0 Å². The highest BCUT2D eigenvalue weighted by molar-refractivity contribution is 6.23. The van der Waals surface area contributed by atoms with E-state index in [4.69, 9.17) is 0 Å². The Balaban J connectivity index is 1.81. The van der Waals surface area contributed by atoms with Crippen LogP contribution in [0, 0.1) is 0 Å². The highest BCUT2D eigenvalue weighted by atomic mass is 15.0. The Morgan fingerprint density at radius 3 is 2.32 bits per heavy atom. The minimum absolute atomic E-state index is 0.517. The van der Waals surface area contributed by atoms with Crippen molar-refractivity contribution in [1.82, 2.24) is 4.57 Å². The molecular formula is C27H23N. The van der Waals surface area contributed by atoms with E-state index in [9.17, 15) is 0 Å². The van der Waals surface area contributed by atoms with E-state index in [1.165, 1.54) is 54.8 Å². The molecule has 1 heterocycles. The molecule has 1 heteroatoms. The molecule has 1 unspecified atom stereocenters. The van der Waals surface area contributed by atoms with Gasteiger partial charge in [-0.25, -0.2) is 0 Å². The fraction of sp³-hybridized carbons (Fsp3) is 0.185. The van der Waals surface area contributed by atoms with Crippen LogP contribution in [0.1, 0.15) is 37.3 Å². The van der Waals surface area contributed by atoms with Gasteiger partial charge in [-0.15, -0.1) is 0 Å². The lowest BCUT2D eigenvalue weighted by atomic mass is 9.92. The topological polar surface area (TPSA) is 4.93 Å². The van der Waals surface area contributed by atoms with Crippen molar-refractivity contribution in [3.8, 4) is 11.1 Å². The van der Waals surface area contributed by atoms with Crippen molar-refractivity contribution >= 4 is 32.6 Å². The van der Waals surface area contributed by atoms with Gasteiger partial charge in [0.15, 0.2) is 0 Å². The van der Waals surface area contributed by atoms with Gasteiger partial charge in [-0.2, -0.15) is 0 Å². The Hall–Kier alpha value is -3.06. The van der Waals surface area contributed by atoms with Crippen LogP contribution in [-0.4, -0.2) is 4.57 Å². The Morgan fingerprint density at radius 1 is 0.679 bits per heavy atom. The summed E-state index contributed by atoms with van der Waals surface area (Å²) in [5.41, 5.74) is 8.54. The van der Waals surface area contributed by atoms with Crippen LogP contribution in [0.2, 0.25) is 0 Å². The highest BCUT2D eigenvalue weighted by Gasteiger charge is 2.29. The minimum Gasteiger partial charge on any atom is -0.341 e. The number of fused-ring (bicyclic) bond motifs is 9. The molecule has 0 saturated heterocycles. The van der Waals surface area contributed by atoms with E-state index in [2.05, 4.69) is 91.2 Å². The van der Waals surface area contributed by atoms with Gasteiger partial charge < -0.3 is 4.57 Å². The van der Waals surface area contributed by atoms with Gasteiger partial charge in [-0.1, -0.05) is 67.6 Å². The summed E-state index contributed by atoms with van der Waals surface area (Å²) in [5, 5.41) is 5.54. The van der Waals surface area contributed by atoms with Crippen LogP contribution in [0.25, 0.3) is 43.7 Å². The molecule has 0 saturated carbocycles. The lowest BCUT2D eigenvalue weighted by Crippen LogP contribution is -1.94. The number of aromatic nitrogens is 1. The van der Waals surface area contributed by atoms with Gasteiger partial charge in [-0.05, 0) is 58.5 Å². The van der Waals surface area contributed by atoms with Crippen molar-refractivity contribution in [2.75, 3.05) is 0 Å². The zero-order valence-electron chi connectivity index (χ0n) is 16.4. The maximum absolute atomic E-state index is 2.44. The highest BCUT2D eigenvalue weighted by Crippen LogP contribution is 2.50. The molecule has 0 spiro atoms. The molecule has 0 radical (unpaired) electrons. The average Bonchev–Trinajstić information content (AvgIpc) is 3.25. The number of para-hydroxylation sites is 1. The number of rotatable bonds is 2. The van der Waals surface area contributed by atoms with Gasteiger partial charge in [0, 0.05) is 34.3 Å². The quantitative estimate of drug-likeness (QED) is 0.307. The van der Waals surface area contributed by atoms with Crippen LogP contribution in [-0.2, 0) is 6.54 Å². The summed E-state index contributed by atoms with van der Waals surface area (Å²) in [7, 11) is 0. The molecule has 1 nitrogen and oxygen atoms in total. The second kappa shape index (κ2) is 5.72. The summed E-state index contributed by atoms with van der Waals surface area (Å²) in [5.74, 6) is 0.517. The van der Waals surface area contributed by atoms with Crippen molar-refractivity contribution in [3.63, 3.8) is 0 Å². The van der Waals surface area contributed by atoms with E-state index < -0.39 is 0 Å². The largest absolute Gasteiger partial charge is 0.341 e. The zero-order valence-corrected chi connectivity index (χ0v) is 16.4. The smallest absolute Gasteiger partial charge is 0.0497 e. The van der Waals surface area contributed by atoms with Gasteiger partial charge in [-0.3, -0.25) is 0 Å². The monoisotopic (exact) mass is 361 g/mol. The van der Waals surface area contributed by atoms with Crippen molar-refractivity contribution in [2.24, 2.45) is 0 Å². The normalized spacial score (nSPS) is 15.4. The van der Waals surface area contributed by atoms with Gasteiger partial charge in [0.25, 0.3) is 0 Å². The molecule has 4 aromatic carbocycles. The molecule has 0 bridgehead atoms. The van der Waals surface area contributed by atoms with Crippen molar-refractivity contribution in [1.29, 1.82) is 0 Å². The third-order valence-electron chi connectivity index (χ3n) is 6.67. The summed E-state index contributed by atoms with van der Waals surface area (Å²) < 4.78 is 2.44. The van der Waals surface area contributed by atoms with Crippen LogP contribution >= 0.6 is 0 Å². The van der Waals surface area contributed by atoms with E-state index in [0.29, 0.717) is 5.92 Å². The van der Waals surface area contributed by atoms with Crippen molar-refractivity contribution in [2.45, 2.75) is 32.7 Å². The van der Waals surface area contributed by atoms with Gasteiger partial charge in [0.05, 0.1) is 0 Å². The molecule has 1 aromatic heterocycles. The first kappa shape index (κ1) is 15.9. The maximum atomic E-state index is 2.44. The first-order chi connectivity index (χ1) is 13.8. The number of hydrogen-bond acceptors (Lipinski definition) is 0. The van der Waals surface area contributed by atoms with E-state index in [0.717, 1.165) is 13.0 Å². The van der Waals surface area contributed by atoms with Gasteiger partial charge in [0.2, 0.25) is 0 Å². The van der Waals surface area contributed by atoms with Crippen LogP contribution in [0.4, 0.5) is 0 Å². The van der Waals surface area contributed by atoms with Crippen LogP contribution < -0.4 is 0 Å². The predicted molar refractivity (Wildman–Crippen MR) is 120 cm³/mol. The molecule has 28 heavy (non-hydrogen) atoms. The first-order valence-corrected chi connectivity index (χ1v) is 10.4. The summed E-state index contributed by atoms with van der Waals surface area (Å²) in [6.07, 6.45) is 1.15. The molecule has 0 aliphatic heterocycles. The van der Waals surface area contributed by atoms with Crippen LogP contribution in [0.3, 0.4) is 0 Å². The van der Waals surface area contributed by atoms with E-state index in [-0.39, 0.29) is 0 Å². The predicted octanol–water partition coefficient (Wildman–Crippen LogP) is 7.49. The number of aryl methyl sites for hydroxylation is 1. The third-order valence-corrected chi connectivity index (χ3v) is 6.67. The van der Waals surface area contributed by atoms with Gasteiger partial charge in [0.1, 0.15) is 0 Å². The summed E-state index contributed by atoms with van der Waals surface area (Å²) >= 11 is 0. The lowest BCUT2D eigenvalue weighted by Gasteiger charge is -2.12. The number of nitrogens with zero attached hydrogens (tertiary/aromatic N) is 1. The molecule has 1 aliphatic rings. The van der Waals surface area contributed by atoms with E-state index in [1.807, 2.05) is 0 Å². The Kier molecular flexibility index (Phi) is 3.26. The lowest BCUT2D eigenvalue weighted by molar-refractivity contribution is 0.798. The third kappa shape index (κ3) is 1.87. The fourth-order valence-electron chi connectivity index (χ4n) is 5.54. The second-order valence-electron chi connectivity index (χ2n) is 7.89. The molecular weight excluding hydrogens is 338 g/mol. The minimum atomic E-state index is 0.517. The molecule has 136 valence electrons. The van der Waals surface area contributed by atoms with Crippen molar-refractivity contribution in [3.05, 3.63) is 83.9 Å². The van der Waals surface area contributed by atoms with E-state index in [1.54, 1.807) is 0 Å². The second-order valence-corrected chi connectivity index (χ2v) is 7.89. The molecule has 0 N–H and O–H groups in total. The number of benzene rings is 4. The average molecular weight is 361 g/mol. The Bertz CT molecular complexity index is 1390. The molecule has 5 aromatic rings. The molecule has 0 amide bonds. The Labute approximate surface area is 165 Å². The van der Waals surface area contributed by atoms with Gasteiger partial charge >= 0.3 is 0 Å². The molecule has 6 rings (SSSR count). The fourth-order valence-corrected chi connectivity index (χ4v) is 5.54. The Morgan fingerprint density at radius 2 is 1.46 bits per heavy atom. The molecule has 1 aliphatic carbocycles. The summed E-state index contributed by atoms with van der Waals surface area (Å²) in [6.45, 7) is 5.53. The summed E-state index contributed by atoms with van der Waals surface area (Å²) in [6, 6.07) is 27.3. The van der Waals surface area contributed by atoms with Crippen molar-refractivity contribution < 1.29 is 0 Å². The molecule has 1 atom stereocenters. The number of hydrogen-bond donors (Lipinski definition) is 0.